The first-order valence-corrected chi connectivity index (χ1v) is 11.1. The third-order valence-electron chi connectivity index (χ3n) is 5.30. The summed E-state index contributed by atoms with van der Waals surface area (Å²) in [6.07, 6.45) is -3.22. The number of alkyl halides is 4. The Kier molecular flexibility index (Phi) is 6.42. The summed E-state index contributed by atoms with van der Waals surface area (Å²) in [5.41, 5.74) is -0.939. The summed E-state index contributed by atoms with van der Waals surface area (Å²) in [6.45, 7) is 1.38. The molecule has 3 N–H and O–H groups in total. The van der Waals surface area contributed by atoms with Crippen molar-refractivity contribution in [1.29, 1.82) is 0 Å². The topological polar surface area (TPSA) is 107 Å². The molecule has 0 spiro atoms. The van der Waals surface area contributed by atoms with Gasteiger partial charge in [-0.25, -0.2) is 31.1 Å². The number of carbonyl (C=O) groups excluding carboxylic acids is 1. The minimum absolute atomic E-state index is 0.0412. The van der Waals surface area contributed by atoms with E-state index in [9.17, 15) is 30.8 Å². The van der Waals surface area contributed by atoms with Crippen molar-refractivity contribution in [2.75, 3.05) is 5.32 Å². The van der Waals surface area contributed by atoms with Crippen molar-refractivity contribution in [2.24, 2.45) is 11.1 Å². The molecule has 1 amide bonds. The van der Waals surface area contributed by atoms with Gasteiger partial charge in [-0.1, -0.05) is 6.07 Å². The molecule has 0 saturated heterocycles. The Morgan fingerprint density at radius 3 is 2.55 bits per heavy atom. The summed E-state index contributed by atoms with van der Waals surface area (Å²) in [6, 6.07) is 5.05. The highest BCUT2D eigenvalue weighted by Gasteiger charge is 2.36. The summed E-state index contributed by atoms with van der Waals surface area (Å²) in [5.74, 6) is -3.88. The Hall–Kier alpha value is -2.47. The van der Waals surface area contributed by atoms with Crippen LogP contribution >= 0.6 is 0 Å². The van der Waals surface area contributed by atoms with Crippen LogP contribution in [0, 0.1) is 12.8 Å². The number of aromatic nitrogens is 2. The van der Waals surface area contributed by atoms with Gasteiger partial charge in [-0.15, -0.1) is 0 Å². The lowest BCUT2D eigenvalue weighted by molar-refractivity contribution is -0.0477. The Morgan fingerprint density at radius 2 is 1.97 bits per heavy atom. The molecule has 0 radical (unpaired) electrons. The number of carbonyl (C=O) groups is 1. The number of hydrogen-bond donors (Lipinski definition) is 2. The second kappa shape index (κ2) is 8.58. The van der Waals surface area contributed by atoms with E-state index in [1.165, 1.54) is 25.1 Å². The third kappa shape index (κ3) is 5.42. The lowest BCUT2D eigenvalue weighted by Crippen LogP contribution is -2.28. The van der Waals surface area contributed by atoms with Gasteiger partial charge in [0.2, 0.25) is 15.9 Å². The van der Waals surface area contributed by atoms with Crippen molar-refractivity contribution >= 4 is 21.6 Å². The number of nitrogens with one attached hydrogen (secondary N) is 1. The molecule has 1 heterocycles. The zero-order valence-electron chi connectivity index (χ0n) is 16.6. The van der Waals surface area contributed by atoms with Crippen molar-refractivity contribution in [3.8, 4) is 0 Å². The third-order valence-corrected chi connectivity index (χ3v) is 6.21. The maximum atomic E-state index is 13.7. The number of halogens is 4. The van der Waals surface area contributed by atoms with E-state index < -0.39 is 33.8 Å². The molecule has 0 unspecified atom stereocenters. The first-order valence-electron chi connectivity index (χ1n) is 9.55. The van der Waals surface area contributed by atoms with Gasteiger partial charge in [0.1, 0.15) is 5.69 Å². The van der Waals surface area contributed by atoms with Crippen LogP contribution in [0.2, 0.25) is 0 Å². The van der Waals surface area contributed by atoms with Crippen LogP contribution in [0.15, 0.2) is 29.2 Å². The van der Waals surface area contributed by atoms with Crippen LogP contribution in [0.25, 0.3) is 0 Å². The summed E-state index contributed by atoms with van der Waals surface area (Å²) in [5, 5.41) is 11.5. The Labute approximate surface area is 176 Å². The quantitative estimate of drug-likeness (QED) is 0.636. The van der Waals surface area contributed by atoms with Crippen LogP contribution < -0.4 is 10.5 Å². The lowest BCUT2D eigenvalue weighted by Gasteiger charge is -2.28. The minimum atomic E-state index is -4.03. The number of rotatable bonds is 6. The van der Waals surface area contributed by atoms with E-state index in [4.69, 9.17) is 5.14 Å². The van der Waals surface area contributed by atoms with E-state index in [1.807, 2.05) is 0 Å². The molecule has 1 aliphatic carbocycles. The van der Waals surface area contributed by atoms with Gasteiger partial charge < -0.3 is 5.32 Å². The molecule has 2 aromatic rings. The molecule has 1 aliphatic rings. The van der Waals surface area contributed by atoms with E-state index >= 15 is 0 Å². The smallest absolute Gasteiger partial charge is 0.274 e. The van der Waals surface area contributed by atoms with Gasteiger partial charge in [0.15, 0.2) is 0 Å². The first-order chi connectivity index (χ1) is 14.4. The van der Waals surface area contributed by atoms with Crippen molar-refractivity contribution in [3.63, 3.8) is 0 Å². The maximum Gasteiger partial charge on any atom is 0.274 e. The Balaban J connectivity index is 1.89. The fraction of sp³-hybridized carbons (Fsp3) is 0.474. The fourth-order valence-electron chi connectivity index (χ4n) is 3.70. The molecular formula is C19H22F4N4O3S. The number of amides is 1. The van der Waals surface area contributed by atoms with Gasteiger partial charge in [-0.3, -0.25) is 9.48 Å². The molecule has 0 atom stereocenters. The predicted octanol–water partition coefficient (Wildman–Crippen LogP) is 3.85. The average molecular weight is 462 g/mol. The molecule has 1 aromatic heterocycles. The number of aryl methyl sites for hydroxylation is 1. The summed E-state index contributed by atoms with van der Waals surface area (Å²) in [7, 11) is -4.03. The molecule has 12 heteroatoms. The average Bonchev–Trinajstić information content (AvgIpc) is 2.99. The van der Waals surface area contributed by atoms with Crippen LogP contribution in [-0.4, -0.2) is 30.0 Å². The monoisotopic (exact) mass is 462 g/mol. The highest BCUT2D eigenvalue weighted by molar-refractivity contribution is 7.89. The first kappa shape index (κ1) is 23.2. The van der Waals surface area contributed by atoms with Crippen LogP contribution in [0.3, 0.4) is 0 Å². The number of benzene rings is 1. The molecule has 170 valence electrons. The van der Waals surface area contributed by atoms with Crippen molar-refractivity contribution < 1.29 is 30.8 Å². The highest BCUT2D eigenvalue weighted by Crippen LogP contribution is 2.37. The number of sulfonamides is 1. The Bertz CT molecular complexity index is 1080. The second-order valence-corrected chi connectivity index (χ2v) is 9.22. The largest absolute Gasteiger partial charge is 0.321 e. The van der Waals surface area contributed by atoms with Crippen LogP contribution in [0.1, 0.15) is 53.9 Å². The zero-order valence-corrected chi connectivity index (χ0v) is 17.4. The number of nitrogens with zero attached hydrogens (tertiary/aromatic N) is 2. The summed E-state index contributed by atoms with van der Waals surface area (Å²) in [4.78, 5) is 12.6. The summed E-state index contributed by atoms with van der Waals surface area (Å²) < 4.78 is 78.3. The van der Waals surface area contributed by atoms with Crippen LogP contribution in [0.4, 0.5) is 23.2 Å². The SMILES string of the molecule is Cc1nn(CC2CCC(F)(F)CC2)c(C(=O)Nc2cccc(S(N)(=O)=O)c2)c1C(F)F. The van der Waals surface area contributed by atoms with E-state index in [2.05, 4.69) is 10.4 Å². The molecule has 31 heavy (non-hydrogen) atoms. The van der Waals surface area contributed by atoms with Gasteiger partial charge in [0, 0.05) is 25.1 Å². The van der Waals surface area contributed by atoms with Crippen LogP contribution in [0.5, 0.6) is 0 Å². The number of nitrogens with two attached hydrogens (primary N) is 1. The Morgan fingerprint density at radius 1 is 1.32 bits per heavy atom. The molecule has 1 aromatic carbocycles. The second-order valence-electron chi connectivity index (χ2n) is 7.66. The van der Waals surface area contributed by atoms with Gasteiger partial charge in [0.25, 0.3) is 12.3 Å². The van der Waals surface area contributed by atoms with E-state index in [0.29, 0.717) is 0 Å². The minimum Gasteiger partial charge on any atom is -0.321 e. The lowest BCUT2D eigenvalue weighted by atomic mass is 9.87. The zero-order chi connectivity index (χ0) is 23.0. The van der Waals surface area contributed by atoms with Crippen molar-refractivity contribution in [2.45, 2.75) is 56.4 Å². The fourth-order valence-corrected chi connectivity index (χ4v) is 4.26. The molecule has 0 aliphatic heterocycles. The number of primary sulfonamides is 1. The highest BCUT2D eigenvalue weighted by atomic mass is 32.2. The van der Waals surface area contributed by atoms with Gasteiger partial charge >= 0.3 is 0 Å². The van der Waals surface area contributed by atoms with Gasteiger partial charge in [-0.2, -0.15) is 5.10 Å². The molecule has 1 fully saturated rings. The van der Waals surface area contributed by atoms with Crippen LogP contribution in [-0.2, 0) is 16.6 Å². The number of anilines is 1. The van der Waals surface area contributed by atoms with E-state index in [1.54, 1.807) is 0 Å². The number of hydrogen-bond acceptors (Lipinski definition) is 4. The van der Waals surface area contributed by atoms with E-state index in [-0.39, 0.29) is 60.1 Å². The molecular weight excluding hydrogens is 440 g/mol. The molecule has 0 bridgehead atoms. The maximum absolute atomic E-state index is 13.7. The molecule has 7 nitrogen and oxygen atoms in total. The molecule has 3 rings (SSSR count). The summed E-state index contributed by atoms with van der Waals surface area (Å²) >= 11 is 0. The molecule has 1 saturated carbocycles. The standard InChI is InChI=1S/C19H22F4N4O3S/c1-11-15(17(20)21)16(27(26-11)10-12-5-7-19(22,23)8-6-12)18(28)25-13-3-2-4-14(9-13)31(24,29)30/h2-4,9,12,17H,5-8,10H2,1H3,(H,25,28)(H2,24,29,30). The van der Waals surface area contributed by atoms with Crippen molar-refractivity contribution in [3.05, 3.63) is 41.2 Å². The van der Waals surface area contributed by atoms with E-state index in [0.717, 1.165) is 10.7 Å². The van der Waals surface area contributed by atoms with Crippen molar-refractivity contribution in [1.82, 2.24) is 9.78 Å². The predicted molar refractivity (Wildman–Crippen MR) is 105 cm³/mol. The van der Waals surface area contributed by atoms with Gasteiger partial charge in [-0.05, 0) is 43.9 Å². The van der Waals surface area contributed by atoms with Gasteiger partial charge in [0.05, 0.1) is 16.2 Å². The normalized spacial score (nSPS) is 17.1.